The highest BCUT2D eigenvalue weighted by atomic mass is 16.4. The van der Waals surface area contributed by atoms with E-state index in [0.29, 0.717) is 5.71 Å². The molecule has 0 bridgehead atoms. The summed E-state index contributed by atoms with van der Waals surface area (Å²) in [4.78, 5) is 0. The largest absolute Gasteiger partial charge is 0.411 e. The molecule has 2 nitrogen and oxygen atoms in total. The van der Waals surface area contributed by atoms with Crippen LogP contribution in [-0.4, -0.2) is 10.9 Å². The molecule has 64 valence electrons. The Balaban J connectivity index is 2.92. The fraction of sp³-hybridized carbons (Fsp3) is 0.300. The second-order valence-corrected chi connectivity index (χ2v) is 2.74. The van der Waals surface area contributed by atoms with Gasteiger partial charge in [-0.1, -0.05) is 36.3 Å². The summed E-state index contributed by atoms with van der Waals surface area (Å²) in [5.41, 5.74) is 2.91. The first-order chi connectivity index (χ1) is 5.77. The van der Waals surface area contributed by atoms with E-state index in [9.17, 15) is 0 Å². The van der Waals surface area contributed by atoms with Crippen molar-refractivity contribution in [3.05, 3.63) is 35.4 Å². The van der Waals surface area contributed by atoms with Gasteiger partial charge in [-0.3, -0.25) is 0 Å². The minimum absolute atomic E-state index is 0.651. The van der Waals surface area contributed by atoms with Crippen LogP contribution >= 0.6 is 0 Å². The Hall–Kier alpha value is -1.31. The smallest absolute Gasteiger partial charge is 0.0836 e. The molecule has 0 unspecified atom stereocenters. The minimum atomic E-state index is 0.651. The van der Waals surface area contributed by atoms with Gasteiger partial charge < -0.3 is 5.21 Å². The number of benzene rings is 1. The first-order valence-electron chi connectivity index (χ1n) is 4.06. The Morgan fingerprint density at radius 1 is 1.33 bits per heavy atom. The van der Waals surface area contributed by atoms with Gasteiger partial charge in [0.15, 0.2) is 0 Å². The molecule has 0 atom stereocenters. The highest BCUT2D eigenvalue weighted by molar-refractivity contribution is 5.98. The fourth-order valence-electron chi connectivity index (χ4n) is 1.04. The Bertz CT molecular complexity index is 274. The lowest BCUT2D eigenvalue weighted by Gasteiger charge is -1.99. The van der Waals surface area contributed by atoms with E-state index in [-0.39, 0.29) is 0 Å². The van der Waals surface area contributed by atoms with Crippen molar-refractivity contribution in [2.75, 3.05) is 0 Å². The number of rotatable bonds is 2. The molecule has 1 aromatic carbocycles. The van der Waals surface area contributed by atoms with Gasteiger partial charge in [0.05, 0.1) is 5.71 Å². The van der Waals surface area contributed by atoms with Crippen molar-refractivity contribution >= 4 is 5.71 Å². The van der Waals surface area contributed by atoms with Crippen LogP contribution in [-0.2, 0) is 6.42 Å². The normalized spacial score (nSPS) is 11.7. The fourth-order valence-corrected chi connectivity index (χ4v) is 1.04. The third kappa shape index (κ3) is 1.84. The molecule has 1 aromatic rings. The van der Waals surface area contributed by atoms with Gasteiger partial charge in [0.1, 0.15) is 0 Å². The van der Waals surface area contributed by atoms with E-state index < -0.39 is 0 Å². The lowest BCUT2D eigenvalue weighted by Crippen LogP contribution is -1.94. The van der Waals surface area contributed by atoms with Gasteiger partial charge in [-0.25, -0.2) is 0 Å². The summed E-state index contributed by atoms with van der Waals surface area (Å²) in [6.45, 7) is 3.89. The van der Waals surface area contributed by atoms with Crippen molar-refractivity contribution in [1.82, 2.24) is 0 Å². The minimum Gasteiger partial charge on any atom is -0.411 e. The maximum Gasteiger partial charge on any atom is 0.0836 e. The monoisotopic (exact) mass is 163 g/mol. The first kappa shape index (κ1) is 8.78. The number of nitrogens with zero attached hydrogens (tertiary/aromatic N) is 1. The van der Waals surface area contributed by atoms with Crippen molar-refractivity contribution in [3.63, 3.8) is 0 Å². The summed E-state index contributed by atoms with van der Waals surface area (Å²) in [5, 5.41) is 11.6. The summed E-state index contributed by atoms with van der Waals surface area (Å²) in [7, 11) is 0. The van der Waals surface area contributed by atoms with Gasteiger partial charge in [-0.05, 0) is 24.5 Å². The van der Waals surface area contributed by atoms with Gasteiger partial charge in [-0.2, -0.15) is 0 Å². The van der Waals surface area contributed by atoms with Crippen LogP contribution in [0.25, 0.3) is 0 Å². The molecule has 0 amide bonds. The highest BCUT2D eigenvalue weighted by Gasteiger charge is 1.96. The van der Waals surface area contributed by atoms with Crippen LogP contribution in [0.4, 0.5) is 0 Å². The van der Waals surface area contributed by atoms with Crippen molar-refractivity contribution in [2.45, 2.75) is 20.3 Å². The summed E-state index contributed by atoms with van der Waals surface area (Å²) in [6, 6.07) is 8.02. The molecule has 2 heteroatoms. The molecule has 0 spiro atoms. The van der Waals surface area contributed by atoms with E-state index in [0.717, 1.165) is 12.0 Å². The van der Waals surface area contributed by atoms with Crippen molar-refractivity contribution in [2.24, 2.45) is 5.16 Å². The molecule has 0 radical (unpaired) electrons. The van der Waals surface area contributed by atoms with Crippen LogP contribution in [0.1, 0.15) is 25.0 Å². The van der Waals surface area contributed by atoms with Crippen LogP contribution in [0.5, 0.6) is 0 Å². The maximum absolute atomic E-state index is 8.50. The van der Waals surface area contributed by atoms with Crippen molar-refractivity contribution < 1.29 is 5.21 Å². The second-order valence-electron chi connectivity index (χ2n) is 2.74. The molecule has 0 aliphatic heterocycles. The molecule has 0 saturated carbocycles. The molecule has 0 heterocycles. The van der Waals surface area contributed by atoms with Gasteiger partial charge in [0.25, 0.3) is 0 Å². The molecule has 1 rings (SSSR count). The molecular formula is C10H13NO. The van der Waals surface area contributed by atoms with E-state index >= 15 is 0 Å². The zero-order chi connectivity index (χ0) is 8.97. The summed E-state index contributed by atoms with van der Waals surface area (Å²) in [6.07, 6.45) is 1.04. The van der Waals surface area contributed by atoms with Crippen molar-refractivity contribution in [3.8, 4) is 0 Å². The quantitative estimate of drug-likeness (QED) is 0.405. The first-order valence-corrected chi connectivity index (χ1v) is 4.06. The maximum atomic E-state index is 8.50. The van der Waals surface area contributed by atoms with Crippen LogP contribution in [0.2, 0.25) is 0 Å². The van der Waals surface area contributed by atoms with Gasteiger partial charge in [-0.15, -0.1) is 0 Å². The zero-order valence-corrected chi connectivity index (χ0v) is 7.41. The lowest BCUT2D eigenvalue weighted by atomic mass is 10.1. The van der Waals surface area contributed by atoms with Crippen LogP contribution < -0.4 is 0 Å². The highest BCUT2D eigenvalue weighted by Crippen LogP contribution is 2.05. The molecule has 0 aliphatic carbocycles. The third-order valence-corrected chi connectivity index (χ3v) is 1.93. The average molecular weight is 163 g/mol. The average Bonchev–Trinajstić information content (AvgIpc) is 2.17. The number of hydrogen-bond donors (Lipinski definition) is 1. The van der Waals surface area contributed by atoms with Crippen LogP contribution in [0, 0.1) is 0 Å². The molecule has 0 saturated heterocycles. The van der Waals surface area contributed by atoms with Gasteiger partial charge in [0, 0.05) is 0 Å². The van der Waals surface area contributed by atoms with E-state index in [4.69, 9.17) is 5.21 Å². The van der Waals surface area contributed by atoms with Gasteiger partial charge in [0.2, 0.25) is 0 Å². The number of aryl methyl sites for hydroxylation is 1. The Morgan fingerprint density at radius 3 is 2.33 bits per heavy atom. The summed E-state index contributed by atoms with van der Waals surface area (Å²) >= 11 is 0. The molecule has 1 N–H and O–H groups in total. The van der Waals surface area contributed by atoms with E-state index in [1.54, 1.807) is 6.92 Å². The second kappa shape index (κ2) is 3.90. The topological polar surface area (TPSA) is 32.6 Å². The van der Waals surface area contributed by atoms with Crippen LogP contribution in [0.3, 0.4) is 0 Å². The standard InChI is InChI=1S/C10H13NO/c1-3-9-4-6-10(7-5-9)8(2)11-12/h4-7,12H,3H2,1-2H3/b11-8+. The Morgan fingerprint density at radius 2 is 1.92 bits per heavy atom. The van der Waals surface area contributed by atoms with E-state index in [2.05, 4.69) is 12.1 Å². The molecule has 0 fully saturated rings. The molecule has 0 aliphatic rings. The molecular weight excluding hydrogens is 150 g/mol. The SMILES string of the molecule is CCc1ccc(/C(C)=N/O)cc1. The molecule has 12 heavy (non-hydrogen) atoms. The third-order valence-electron chi connectivity index (χ3n) is 1.93. The predicted molar refractivity (Wildman–Crippen MR) is 49.8 cm³/mol. The predicted octanol–water partition coefficient (Wildman–Crippen LogP) is 2.45. The van der Waals surface area contributed by atoms with E-state index in [1.165, 1.54) is 5.56 Å². The summed E-state index contributed by atoms with van der Waals surface area (Å²) in [5.74, 6) is 0. The van der Waals surface area contributed by atoms with E-state index in [1.807, 2.05) is 24.3 Å². The van der Waals surface area contributed by atoms with Gasteiger partial charge >= 0.3 is 0 Å². The molecule has 0 aromatic heterocycles. The zero-order valence-electron chi connectivity index (χ0n) is 7.41. The Labute approximate surface area is 72.5 Å². The summed E-state index contributed by atoms with van der Waals surface area (Å²) < 4.78 is 0. The van der Waals surface area contributed by atoms with Crippen molar-refractivity contribution in [1.29, 1.82) is 0 Å². The number of oxime groups is 1. The number of hydrogen-bond acceptors (Lipinski definition) is 2. The van der Waals surface area contributed by atoms with Crippen LogP contribution in [0.15, 0.2) is 29.4 Å². The lowest BCUT2D eigenvalue weighted by molar-refractivity contribution is 0.319. The Kier molecular flexibility index (Phi) is 2.86.